The summed E-state index contributed by atoms with van der Waals surface area (Å²) < 4.78 is 5.52. The summed E-state index contributed by atoms with van der Waals surface area (Å²) in [4.78, 5) is 0. The van der Waals surface area contributed by atoms with Crippen molar-refractivity contribution in [2.45, 2.75) is 19.9 Å². The smallest absolute Gasteiger partial charge is 0.247 e. The van der Waals surface area contributed by atoms with Crippen LogP contribution in [0.15, 0.2) is 22.6 Å². The lowest BCUT2D eigenvalue weighted by Gasteiger charge is -1.98. The quantitative estimate of drug-likeness (QED) is 0.854. The number of aromatic nitrogens is 2. The normalized spacial score (nSPS) is 10.8. The molecular formula is C12H13Cl2N3O. The van der Waals surface area contributed by atoms with Crippen molar-refractivity contribution >= 4 is 23.2 Å². The lowest BCUT2D eigenvalue weighted by atomic mass is 10.2. The van der Waals surface area contributed by atoms with Crippen molar-refractivity contribution in [3.8, 4) is 11.5 Å². The molecule has 1 aromatic heterocycles. The van der Waals surface area contributed by atoms with Crippen molar-refractivity contribution in [3.05, 3.63) is 34.1 Å². The maximum Gasteiger partial charge on any atom is 0.247 e. The van der Waals surface area contributed by atoms with Gasteiger partial charge in [0, 0.05) is 15.6 Å². The van der Waals surface area contributed by atoms with E-state index in [0.29, 0.717) is 28.4 Å². The summed E-state index contributed by atoms with van der Waals surface area (Å²) in [6, 6.07) is 5.14. The van der Waals surface area contributed by atoms with Gasteiger partial charge in [0.1, 0.15) is 0 Å². The Balaban J connectivity index is 2.13. The van der Waals surface area contributed by atoms with E-state index in [4.69, 9.17) is 27.6 Å². The first-order valence-corrected chi connectivity index (χ1v) is 6.44. The van der Waals surface area contributed by atoms with Gasteiger partial charge < -0.3 is 9.73 Å². The number of hydrogen-bond donors (Lipinski definition) is 1. The second-order valence-electron chi connectivity index (χ2n) is 3.84. The fraction of sp³-hybridized carbons (Fsp3) is 0.333. The highest BCUT2D eigenvalue weighted by Gasteiger charge is 2.09. The van der Waals surface area contributed by atoms with Gasteiger partial charge in [-0.25, -0.2) is 0 Å². The van der Waals surface area contributed by atoms with Crippen molar-refractivity contribution in [2.75, 3.05) is 6.54 Å². The predicted molar refractivity (Wildman–Crippen MR) is 71.8 cm³/mol. The summed E-state index contributed by atoms with van der Waals surface area (Å²) in [5.41, 5.74) is 0.724. The highest BCUT2D eigenvalue weighted by Crippen LogP contribution is 2.26. The molecule has 18 heavy (non-hydrogen) atoms. The first kappa shape index (κ1) is 13.3. The van der Waals surface area contributed by atoms with E-state index >= 15 is 0 Å². The van der Waals surface area contributed by atoms with Crippen LogP contribution in [0.1, 0.15) is 19.2 Å². The van der Waals surface area contributed by atoms with Crippen LogP contribution in [0.4, 0.5) is 0 Å². The largest absolute Gasteiger partial charge is 0.419 e. The average Bonchev–Trinajstić information content (AvgIpc) is 2.77. The zero-order chi connectivity index (χ0) is 13.0. The van der Waals surface area contributed by atoms with Crippen LogP contribution < -0.4 is 5.32 Å². The second-order valence-corrected chi connectivity index (χ2v) is 4.71. The summed E-state index contributed by atoms with van der Waals surface area (Å²) in [7, 11) is 0. The summed E-state index contributed by atoms with van der Waals surface area (Å²) in [6.45, 7) is 3.58. The van der Waals surface area contributed by atoms with Gasteiger partial charge in [-0.3, -0.25) is 0 Å². The maximum atomic E-state index is 5.92. The predicted octanol–water partition coefficient (Wildman–Crippen LogP) is 3.54. The topological polar surface area (TPSA) is 51.0 Å². The number of nitrogens with one attached hydrogen (secondary N) is 1. The fourth-order valence-corrected chi connectivity index (χ4v) is 2.02. The summed E-state index contributed by atoms with van der Waals surface area (Å²) in [5, 5.41) is 12.2. The van der Waals surface area contributed by atoms with Gasteiger partial charge in [-0.05, 0) is 31.2 Å². The van der Waals surface area contributed by atoms with Gasteiger partial charge in [-0.1, -0.05) is 30.1 Å². The third-order valence-electron chi connectivity index (χ3n) is 2.28. The summed E-state index contributed by atoms with van der Waals surface area (Å²) >= 11 is 11.8. The molecule has 6 heteroatoms. The molecule has 1 heterocycles. The van der Waals surface area contributed by atoms with Crippen LogP contribution in [0.3, 0.4) is 0 Å². The minimum absolute atomic E-state index is 0.424. The van der Waals surface area contributed by atoms with Gasteiger partial charge in [0.2, 0.25) is 11.8 Å². The zero-order valence-electron chi connectivity index (χ0n) is 9.91. The Bertz CT molecular complexity index is 508. The second kappa shape index (κ2) is 6.18. The molecule has 0 saturated carbocycles. The molecule has 0 unspecified atom stereocenters. The minimum atomic E-state index is 0.424. The van der Waals surface area contributed by atoms with E-state index in [9.17, 15) is 0 Å². The third-order valence-corrected chi connectivity index (χ3v) is 2.72. The first-order valence-electron chi connectivity index (χ1n) is 5.68. The van der Waals surface area contributed by atoms with Crippen LogP contribution in [0.2, 0.25) is 10.0 Å². The van der Waals surface area contributed by atoms with Crippen LogP contribution in [0, 0.1) is 0 Å². The van der Waals surface area contributed by atoms with E-state index in [1.807, 2.05) is 0 Å². The molecule has 0 bridgehead atoms. The van der Waals surface area contributed by atoms with Crippen molar-refractivity contribution in [2.24, 2.45) is 0 Å². The van der Waals surface area contributed by atoms with Crippen molar-refractivity contribution < 1.29 is 4.42 Å². The Labute approximate surface area is 115 Å². The molecular weight excluding hydrogens is 273 g/mol. The van der Waals surface area contributed by atoms with Crippen LogP contribution in [-0.2, 0) is 6.54 Å². The van der Waals surface area contributed by atoms with Gasteiger partial charge in [-0.2, -0.15) is 0 Å². The molecule has 2 aromatic rings. The van der Waals surface area contributed by atoms with E-state index in [-0.39, 0.29) is 0 Å². The zero-order valence-corrected chi connectivity index (χ0v) is 11.4. The van der Waals surface area contributed by atoms with Gasteiger partial charge in [0.25, 0.3) is 0 Å². The van der Waals surface area contributed by atoms with E-state index in [2.05, 4.69) is 22.4 Å². The van der Waals surface area contributed by atoms with Gasteiger partial charge in [0.15, 0.2) is 0 Å². The molecule has 0 saturated heterocycles. The fourth-order valence-electron chi connectivity index (χ4n) is 1.49. The maximum absolute atomic E-state index is 5.92. The Morgan fingerprint density at radius 1 is 1.17 bits per heavy atom. The number of rotatable bonds is 5. The molecule has 0 aliphatic rings. The average molecular weight is 286 g/mol. The van der Waals surface area contributed by atoms with Crippen LogP contribution in [-0.4, -0.2) is 16.7 Å². The molecule has 1 N–H and O–H groups in total. The van der Waals surface area contributed by atoms with Crippen LogP contribution in [0.25, 0.3) is 11.5 Å². The summed E-state index contributed by atoms with van der Waals surface area (Å²) in [6.07, 6.45) is 1.06. The van der Waals surface area contributed by atoms with Crippen molar-refractivity contribution in [3.63, 3.8) is 0 Å². The molecule has 0 aliphatic heterocycles. The number of nitrogens with zero attached hydrogens (tertiary/aromatic N) is 2. The number of halogens is 2. The number of hydrogen-bond acceptors (Lipinski definition) is 4. The molecule has 0 amide bonds. The van der Waals surface area contributed by atoms with E-state index in [0.717, 1.165) is 18.5 Å². The van der Waals surface area contributed by atoms with Crippen LogP contribution in [0.5, 0.6) is 0 Å². The molecule has 2 rings (SSSR count). The number of benzene rings is 1. The minimum Gasteiger partial charge on any atom is -0.419 e. The van der Waals surface area contributed by atoms with E-state index in [1.165, 1.54) is 0 Å². The Morgan fingerprint density at radius 3 is 2.56 bits per heavy atom. The Hall–Kier alpha value is -1.10. The van der Waals surface area contributed by atoms with Crippen molar-refractivity contribution in [1.29, 1.82) is 0 Å². The van der Waals surface area contributed by atoms with Crippen LogP contribution >= 0.6 is 23.2 Å². The molecule has 0 aliphatic carbocycles. The van der Waals surface area contributed by atoms with Gasteiger partial charge in [0.05, 0.1) is 6.54 Å². The molecule has 1 aromatic carbocycles. The van der Waals surface area contributed by atoms with Gasteiger partial charge >= 0.3 is 0 Å². The lowest BCUT2D eigenvalue weighted by molar-refractivity contribution is 0.477. The van der Waals surface area contributed by atoms with Crippen molar-refractivity contribution in [1.82, 2.24) is 15.5 Å². The SMILES string of the molecule is CCCNCc1nnc(-c2cc(Cl)cc(Cl)c2)o1. The Kier molecular flexibility index (Phi) is 4.58. The van der Waals surface area contributed by atoms with E-state index in [1.54, 1.807) is 18.2 Å². The third kappa shape index (κ3) is 3.45. The Morgan fingerprint density at radius 2 is 1.89 bits per heavy atom. The summed E-state index contributed by atoms with van der Waals surface area (Å²) in [5.74, 6) is 0.974. The van der Waals surface area contributed by atoms with Gasteiger partial charge in [-0.15, -0.1) is 10.2 Å². The standard InChI is InChI=1S/C12H13Cl2N3O/c1-2-3-15-7-11-16-17-12(18-11)8-4-9(13)6-10(14)5-8/h4-6,15H,2-3,7H2,1H3. The molecule has 0 atom stereocenters. The molecule has 96 valence electrons. The monoisotopic (exact) mass is 285 g/mol. The highest BCUT2D eigenvalue weighted by molar-refractivity contribution is 6.35. The highest BCUT2D eigenvalue weighted by atomic mass is 35.5. The molecule has 0 fully saturated rings. The molecule has 0 radical (unpaired) electrons. The molecule has 0 spiro atoms. The van der Waals surface area contributed by atoms with E-state index < -0.39 is 0 Å². The first-order chi connectivity index (χ1) is 8.69. The lowest BCUT2D eigenvalue weighted by Crippen LogP contribution is -2.13. The molecule has 4 nitrogen and oxygen atoms in total.